The number of methoxy groups -OCH3 is 1. The Morgan fingerprint density at radius 2 is 2.25 bits per heavy atom. The molecule has 5 heteroatoms. The average Bonchev–Trinajstić information content (AvgIpc) is 2.86. The van der Waals surface area contributed by atoms with Gasteiger partial charge in [-0.2, -0.15) is 0 Å². The molecule has 1 unspecified atom stereocenters. The van der Waals surface area contributed by atoms with Crippen LogP contribution in [0.3, 0.4) is 0 Å². The topological polar surface area (TPSA) is 39.1 Å². The minimum Gasteiger partial charge on any atom is -0.494 e. The average molecular weight is 277 g/mol. The number of halogens is 1. The summed E-state index contributed by atoms with van der Waals surface area (Å²) >= 11 is 0. The van der Waals surface area contributed by atoms with Crippen molar-refractivity contribution in [2.24, 2.45) is 7.05 Å². The van der Waals surface area contributed by atoms with Crippen molar-refractivity contribution < 1.29 is 9.13 Å². The van der Waals surface area contributed by atoms with Gasteiger partial charge in [0.25, 0.3) is 0 Å². The predicted molar refractivity (Wildman–Crippen MR) is 76.3 cm³/mol. The number of aryl methyl sites for hydroxylation is 1. The number of hydrogen-bond acceptors (Lipinski definition) is 3. The zero-order valence-electron chi connectivity index (χ0n) is 12.1. The summed E-state index contributed by atoms with van der Waals surface area (Å²) < 4.78 is 21.2. The van der Waals surface area contributed by atoms with Gasteiger partial charge in [0.2, 0.25) is 0 Å². The number of benzene rings is 1. The number of ether oxygens (including phenoxy) is 1. The van der Waals surface area contributed by atoms with Gasteiger partial charge in [0, 0.05) is 19.4 Å². The Labute approximate surface area is 118 Å². The summed E-state index contributed by atoms with van der Waals surface area (Å²) in [4.78, 5) is 4.35. The minimum atomic E-state index is -0.299. The van der Waals surface area contributed by atoms with Crippen molar-refractivity contribution in [2.45, 2.75) is 19.4 Å². The van der Waals surface area contributed by atoms with Crippen LogP contribution in [0, 0.1) is 5.82 Å². The van der Waals surface area contributed by atoms with E-state index in [0.29, 0.717) is 12.0 Å². The Morgan fingerprint density at radius 3 is 2.85 bits per heavy atom. The molecule has 0 aliphatic heterocycles. The van der Waals surface area contributed by atoms with Gasteiger partial charge in [0.1, 0.15) is 5.82 Å². The van der Waals surface area contributed by atoms with Crippen LogP contribution in [0.1, 0.15) is 24.4 Å². The number of imidazole rings is 1. The molecule has 0 bridgehead atoms. The highest BCUT2D eigenvalue weighted by Gasteiger charge is 2.18. The molecule has 0 saturated heterocycles. The number of nitrogens with zero attached hydrogens (tertiary/aromatic N) is 2. The number of rotatable bonds is 6. The van der Waals surface area contributed by atoms with Gasteiger partial charge in [0.15, 0.2) is 11.6 Å². The first-order chi connectivity index (χ1) is 9.67. The van der Waals surface area contributed by atoms with E-state index >= 15 is 0 Å². The second-order valence-corrected chi connectivity index (χ2v) is 4.64. The summed E-state index contributed by atoms with van der Waals surface area (Å²) in [7, 11) is 3.41. The molecule has 1 heterocycles. The lowest BCUT2D eigenvalue weighted by molar-refractivity contribution is 0.382. The van der Waals surface area contributed by atoms with Gasteiger partial charge < -0.3 is 14.6 Å². The van der Waals surface area contributed by atoms with Crippen molar-refractivity contribution in [3.63, 3.8) is 0 Å². The van der Waals surface area contributed by atoms with E-state index in [1.54, 1.807) is 24.4 Å². The smallest absolute Gasteiger partial charge is 0.168 e. The summed E-state index contributed by atoms with van der Waals surface area (Å²) in [6.07, 6.45) is 4.17. The fraction of sp³-hybridized carbons (Fsp3) is 0.400. The molecule has 20 heavy (non-hydrogen) atoms. The van der Waals surface area contributed by atoms with Crippen LogP contribution in [0.5, 0.6) is 5.75 Å². The largest absolute Gasteiger partial charge is 0.494 e. The summed E-state index contributed by atoms with van der Waals surface area (Å²) in [6, 6.07) is 5.19. The van der Waals surface area contributed by atoms with E-state index in [1.165, 1.54) is 7.11 Å². The molecule has 2 aromatic rings. The van der Waals surface area contributed by atoms with Crippen LogP contribution >= 0.6 is 0 Å². The summed E-state index contributed by atoms with van der Waals surface area (Å²) in [5.41, 5.74) is 0.623. The molecule has 2 rings (SSSR count). The highest BCUT2D eigenvalue weighted by atomic mass is 19.1. The third-order valence-corrected chi connectivity index (χ3v) is 3.31. The van der Waals surface area contributed by atoms with E-state index in [0.717, 1.165) is 12.4 Å². The molecule has 108 valence electrons. The fourth-order valence-electron chi connectivity index (χ4n) is 2.31. The maximum atomic E-state index is 14.2. The van der Waals surface area contributed by atoms with E-state index in [4.69, 9.17) is 4.74 Å². The van der Waals surface area contributed by atoms with Gasteiger partial charge in [-0.25, -0.2) is 9.37 Å². The molecular weight excluding hydrogens is 257 g/mol. The van der Waals surface area contributed by atoms with Crippen molar-refractivity contribution in [1.82, 2.24) is 14.9 Å². The maximum absolute atomic E-state index is 14.2. The number of aromatic nitrogens is 2. The molecule has 0 spiro atoms. The van der Waals surface area contributed by atoms with Crippen LogP contribution in [-0.4, -0.2) is 23.2 Å². The van der Waals surface area contributed by atoms with Crippen LogP contribution in [-0.2, 0) is 13.5 Å². The van der Waals surface area contributed by atoms with Gasteiger partial charge in [-0.05, 0) is 24.6 Å². The molecular formula is C15H20FN3O. The van der Waals surface area contributed by atoms with E-state index in [9.17, 15) is 4.39 Å². The molecule has 1 atom stereocenters. The maximum Gasteiger partial charge on any atom is 0.168 e. The third kappa shape index (κ3) is 2.99. The normalized spacial score (nSPS) is 12.4. The zero-order valence-corrected chi connectivity index (χ0v) is 12.1. The Morgan fingerprint density at radius 1 is 1.45 bits per heavy atom. The van der Waals surface area contributed by atoms with Crippen molar-refractivity contribution in [2.75, 3.05) is 13.7 Å². The van der Waals surface area contributed by atoms with Gasteiger partial charge in [-0.1, -0.05) is 19.1 Å². The first kappa shape index (κ1) is 14.5. The van der Waals surface area contributed by atoms with Crippen molar-refractivity contribution in [3.05, 3.63) is 47.8 Å². The zero-order chi connectivity index (χ0) is 14.5. The number of likely N-dealkylation sites (N-methyl/N-ethyl adjacent to an activating group) is 1. The lowest BCUT2D eigenvalue weighted by atomic mass is 10.0. The van der Waals surface area contributed by atoms with Crippen LogP contribution in [0.4, 0.5) is 4.39 Å². The van der Waals surface area contributed by atoms with Gasteiger partial charge in [-0.15, -0.1) is 0 Å². The molecule has 0 amide bonds. The van der Waals surface area contributed by atoms with Crippen molar-refractivity contribution in [3.8, 4) is 5.75 Å². The highest BCUT2D eigenvalue weighted by Crippen LogP contribution is 2.24. The first-order valence-electron chi connectivity index (χ1n) is 6.69. The second kappa shape index (κ2) is 6.52. The molecule has 0 radical (unpaired) electrons. The van der Waals surface area contributed by atoms with Gasteiger partial charge in [0.05, 0.1) is 13.2 Å². The summed E-state index contributed by atoms with van der Waals surface area (Å²) in [5.74, 6) is 0.874. The highest BCUT2D eigenvalue weighted by molar-refractivity contribution is 5.32. The molecule has 0 fully saturated rings. The lowest BCUT2D eigenvalue weighted by Crippen LogP contribution is -2.26. The number of nitrogens with one attached hydrogen (secondary N) is 1. The van der Waals surface area contributed by atoms with Gasteiger partial charge in [-0.3, -0.25) is 0 Å². The molecule has 1 aromatic heterocycles. The summed E-state index contributed by atoms with van der Waals surface area (Å²) in [5, 5.41) is 3.35. The standard InChI is InChI=1S/C15H20FN3O/c1-4-17-12(15-18-8-9-19(15)2)10-11-6-5-7-13(20-3)14(11)16/h5-9,12,17H,4,10H2,1-3H3. The molecule has 4 nitrogen and oxygen atoms in total. The summed E-state index contributed by atoms with van der Waals surface area (Å²) in [6.45, 7) is 2.82. The Bertz CT molecular complexity index is 568. The van der Waals surface area contributed by atoms with Crippen molar-refractivity contribution >= 4 is 0 Å². The van der Waals surface area contributed by atoms with Gasteiger partial charge >= 0.3 is 0 Å². The van der Waals surface area contributed by atoms with E-state index in [-0.39, 0.29) is 17.6 Å². The van der Waals surface area contributed by atoms with Crippen LogP contribution < -0.4 is 10.1 Å². The number of hydrogen-bond donors (Lipinski definition) is 1. The Hall–Kier alpha value is -1.88. The van der Waals surface area contributed by atoms with Crippen LogP contribution in [0.25, 0.3) is 0 Å². The monoisotopic (exact) mass is 277 g/mol. The third-order valence-electron chi connectivity index (χ3n) is 3.31. The lowest BCUT2D eigenvalue weighted by Gasteiger charge is -2.18. The fourth-order valence-corrected chi connectivity index (χ4v) is 2.31. The SMILES string of the molecule is CCNC(Cc1cccc(OC)c1F)c1nccn1C. The molecule has 0 saturated carbocycles. The second-order valence-electron chi connectivity index (χ2n) is 4.64. The molecule has 0 aliphatic rings. The van der Waals surface area contributed by atoms with Crippen LogP contribution in [0.2, 0.25) is 0 Å². The van der Waals surface area contributed by atoms with Crippen LogP contribution in [0.15, 0.2) is 30.6 Å². The quantitative estimate of drug-likeness (QED) is 0.881. The molecule has 1 N–H and O–H groups in total. The Balaban J connectivity index is 2.27. The van der Waals surface area contributed by atoms with Crippen molar-refractivity contribution in [1.29, 1.82) is 0 Å². The molecule has 1 aromatic carbocycles. The van der Waals surface area contributed by atoms with E-state index in [2.05, 4.69) is 10.3 Å². The first-order valence-corrected chi connectivity index (χ1v) is 6.69. The van der Waals surface area contributed by atoms with E-state index in [1.807, 2.05) is 24.7 Å². The predicted octanol–water partition coefficient (Wildman–Crippen LogP) is 2.46. The molecule has 0 aliphatic carbocycles. The minimum absolute atomic E-state index is 0.0263. The van der Waals surface area contributed by atoms with E-state index < -0.39 is 0 Å². The Kier molecular flexibility index (Phi) is 4.74.